The van der Waals surface area contributed by atoms with Crippen LogP contribution in [0.3, 0.4) is 0 Å². The highest BCUT2D eigenvalue weighted by atomic mass is 16.5. The van der Waals surface area contributed by atoms with Gasteiger partial charge in [0.15, 0.2) is 0 Å². The van der Waals surface area contributed by atoms with E-state index in [1.807, 2.05) is 18.2 Å². The number of nitrogens with one attached hydrogen (secondary N) is 1. The van der Waals surface area contributed by atoms with E-state index < -0.39 is 11.5 Å². The zero-order chi connectivity index (χ0) is 21.0. The molecular weight excluding hydrogens is 368 g/mol. The van der Waals surface area contributed by atoms with E-state index in [9.17, 15) is 9.59 Å². The summed E-state index contributed by atoms with van der Waals surface area (Å²) >= 11 is 0. The van der Waals surface area contributed by atoms with Crippen molar-refractivity contribution in [2.45, 2.75) is 33.2 Å². The molecule has 0 aliphatic rings. The molecule has 0 bridgehead atoms. The van der Waals surface area contributed by atoms with Gasteiger partial charge in [-0.1, -0.05) is 26.0 Å². The Morgan fingerprint density at radius 3 is 2.52 bits per heavy atom. The van der Waals surface area contributed by atoms with Crippen molar-refractivity contribution in [1.29, 1.82) is 0 Å². The van der Waals surface area contributed by atoms with E-state index in [-0.39, 0.29) is 5.56 Å². The van der Waals surface area contributed by atoms with E-state index in [1.165, 1.54) is 0 Å². The Bertz CT molecular complexity index is 1070. The molecule has 0 atom stereocenters. The van der Waals surface area contributed by atoms with Gasteiger partial charge in [0.1, 0.15) is 16.9 Å². The number of nitrogens with two attached hydrogens (primary N) is 1. The van der Waals surface area contributed by atoms with Crippen LogP contribution in [0.1, 0.15) is 41.8 Å². The molecule has 29 heavy (non-hydrogen) atoms. The van der Waals surface area contributed by atoms with Gasteiger partial charge in [-0.05, 0) is 54.7 Å². The van der Waals surface area contributed by atoms with Crippen LogP contribution < -0.4 is 21.4 Å². The summed E-state index contributed by atoms with van der Waals surface area (Å²) in [6, 6.07) is 12.4. The van der Waals surface area contributed by atoms with Crippen LogP contribution in [-0.4, -0.2) is 13.0 Å². The molecule has 6 heteroatoms. The van der Waals surface area contributed by atoms with Gasteiger partial charge in [-0.3, -0.25) is 4.79 Å². The van der Waals surface area contributed by atoms with Gasteiger partial charge >= 0.3 is 5.63 Å². The molecule has 0 aliphatic carbocycles. The Kier molecular flexibility index (Phi) is 6.34. The zero-order valence-electron chi connectivity index (χ0n) is 17.0. The average Bonchev–Trinajstić information content (AvgIpc) is 2.71. The van der Waals surface area contributed by atoms with Crippen LogP contribution in [0.5, 0.6) is 5.75 Å². The average molecular weight is 394 g/mol. The molecule has 1 heterocycles. The Labute approximate surface area is 169 Å². The second-order valence-electron chi connectivity index (χ2n) is 7.40. The van der Waals surface area contributed by atoms with Gasteiger partial charge in [0.2, 0.25) is 0 Å². The maximum Gasteiger partial charge on any atom is 0.349 e. The van der Waals surface area contributed by atoms with Crippen LogP contribution in [0.15, 0.2) is 51.7 Å². The molecule has 0 saturated heterocycles. The minimum atomic E-state index is -0.673. The smallest absolute Gasteiger partial charge is 0.349 e. The van der Waals surface area contributed by atoms with Crippen LogP contribution in [0, 0.1) is 5.92 Å². The number of rotatable bonds is 7. The molecule has 6 nitrogen and oxygen atoms in total. The van der Waals surface area contributed by atoms with Gasteiger partial charge in [-0.25, -0.2) is 4.79 Å². The summed E-state index contributed by atoms with van der Waals surface area (Å²) < 4.78 is 11.0. The van der Waals surface area contributed by atoms with Gasteiger partial charge < -0.3 is 20.2 Å². The summed E-state index contributed by atoms with van der Waals surface area (Å²) in [4.78, 5) is 25.2. The van der Waals surface area contributed by atoms with Crippen LogP contribution in [-0.2, 0) is 13.0 Å². The first-order chi connectivity index (χ1) is 13.9. The number of hydrogen-bond acceptors (Lipinski definition) is 5. The van der Waals surface area contributed by atoms with E-state index in [4.69, 9.17) is 14.9 Å². The lowest BCUT2D eigenvalue weighted by molar-refractivity contribution is 0.102. The molecule has 3 rings (SSSR count). The number of carbonyl (C=O) groups is 1. The number of hydrogen-bond donors (Lipinski definition) is 2. The molecule has 2 aromatic carbocycles. The van der Waals surface area contributed by atoms with Crippen molar-refractivity contribution in [3.63, 3.8) is 0 Å². The summed E-state index contributed by atoms with van der Waals surface area (Å²) in [5.74, 6) is 0.664. The first-order valence-electron chi connectivity index (χ1n) is 9.67. The number of benzene rings is 2. The Morgan fingerprint density at radius 1 is 1.17 bits per heavy atom. The Morgan fingerprint density at radius 2 is 1.90 bits per heavy atom. The molecule has 0 spiro atoms. The van der Waals surface area contributed by atoms with Crippen molar-refractivity contribution in [3.05, 3.63) is 69.6 Å². The fourth-order valence-corrected chi connectivity index (χ4v) is 3.17. The van der Waals surface area contributed by atoms with E-state index in [0.29, 0.717) is 34.9 Å². The van der Waals surface area contributed by atoms with Crippen molar-refractivity contribution in [3.8, 4) is 5.75 Å². The molecule has 1 amide bonds. The van der Waals surface area contributed by atoms with Crippen molar-refractivity contribution >= 4 is 22.6 Å². The van der Waals surface area contributed by atoms with E-state index >= 15 is 0 Å². The van der Waals surface area contributed by atoms with Crippen LogP contribution in [0.4, 0.5) is 5.69 Å². The van der Waals surface area contributed by atoms with Gasteiger partial charge in [-0.2, -0.15) is 0 Å². The van der Waals surface area contributed by atoms with Gasteiger partial charge in [0.05, 0.1) is 7.11 Å². The van der Waals surface area contributed by atoms with Crippen LogP contribution in [0.2, 0.25) is 0 Å². The first-order valence-corrected chi connectivity index (χ1v) is 9.67. The molecule has 0 unspecified atom stereocenters. The molecule has 3 aromatic rings. The molecular formula is C23H26N2O4. The normalized spacial score (nSPS) is 11.1. The second-order valence-corrected chi connectivity index (χ2v) is 7.40. The predicted molar refractivity (Wildman–Crippen MR) is 114 cm³/mol. The maximum absolute atomic E-state index is 12.6. The molecule has 0 fully saturated rings. The molecule has 1 aromatic heterocycles. The monoisotopic (exact) mass is 394 g/mol. The molecule has 152 valence electrons. The molecule has 0 radical (unpaired) electrons. The lowest BCUT2D eigenvalue weighted by Gasteiger charge is -2.13. The minimum absolute atomic E-state index is 0.0413. The third kappa shape index (κ3) is 4.66. The molecule has 0 saturated carbocycles. The summed E-state index contributed by atoms with van der Waals surface area (Å²) in [5.41, 5.74) is 7.73. The van der Waals surface area contributed by atoms with E-state index in [1.54, 1.807) is 31.4 Å². The number of anilines is 1. The number of methoxy groups -OCH3 is 1. The van der Waals surface area contributed by atoms with Gasteiger partial charge in [0.25, 0.3) is 5.91 Å². The molecule has 3 N–H and O–H groups in total. The van der Waals surface area contributed by atoms with Crippen molar-refractivity contribution in [2.24, 2.45) is 11.7 Å². The standard InChI is InChI=1S/C23H26N2O4/c1-14(2)4-10-18-20(28-3)11-7-16-12-19(23(27)29-21(16)18)22(26)25-17-8-5-15(13-24)6-9-17/h5-9,11-12,14H,4,10,13,24H2,1-3H3,(H,25,26). The van der Waals surface area contributed by atoms with Gasteiger partial charge in [-0.15, -0.1) is 0 Å². The highest BCUT2D eigenvalue weighted by Crippen LogP contribution is 2.30. The number of carbonyl (C=O) groups excluding carboxylic acids is 1. The Balaban J connectivity index is 1.96. The predicted octanol–water partition coefficient (Wildman–Crippen LogP) is 4.10. The number of aryl methyl sites for hydroxylation is 1. The lowest BCUT2D eigenvalue weighted by atomic mass is 9.99. The van der Waals surface area contributed by atoms with Crippen molar-refractivity contribution in [2.75, 3.05) is 12.4 Å². The zero-order valence-corrected chi connectivity index (χ0v) is 17.0. The lowest BCUT2D eigenvalue weighted by Crippen LogP contribution is -2.21. The summed E-state index contributed by atoms with van der Waals surface area (Å²) in [5, 5.41) is 3.42. The summed E-state index contributed by atoms with van der Waals surface area (Å²) in [7, 11) is 1.59. The number of amides is 1. The fourth-order valence-electron chi connectivity index (χ4n) is 3.17. The van der Waals surface area contributed by atoms with Crippen molar-refractivity contribution in [1.82, 2.24) is 0 Å². The molecule has 0 aliphatic heterocycles. The second kappa shape index (κ2) is 8.92. The third-order valence-corrected chi connectivity index (χ3v) is 4.85. The highest BCUT2D eigenvalue weighted by molar-refractivity contribution is 6.05. The third-order valence-electron chi connectivity index (χ3n) is 4.85. The Hall–Kier alpha value is -3.12. The van der Waals surface area contributed by atoms with Gasteiger partial charge in [0, 0.05) is 23.2 Å². The number of ether oxygens (including phenoxy) is 1. The van der Waals surface area contributed by atoms with E-state index in [0.717, 1.165) is 24.0 Å². The largest absolute Gasteiger partial charge is 0.496 e. The minimum Gasteiger partial charge on any atom is -0.496 e. The van der Waals surface area contributed by atoms with Crippen LogP contribution in [0.25, 0.3) is 11.0 Å². The summed E-state index contributed by atoms with van der Waals surface area (Å²) in [6.45, 7) is 4.69. The summed E-state index contributed by atoms with van der Waals surface area (Å²) in [6.07, 6.45) is 1.65. The van der Waals surface area contributed by atoms with Crippen molar-refractivity contribution < 1.29 is 13.9 Å². The highest BCUT2D eigenvalue weighted by Gasteiger charge is 2.18. The maximum atomic E-state index is 12.6. The number of fused-ring (bicyclic) bond motifs is 1. The van der Waals surface area contributed by atoms with Crippen LogP contribution >= 0.6 is 0 Å². The fraction of sp³-hybridized carbons (Fsp3) is 0.304. The first kappa shape index (κ1) is 20.6. The topological polar surface area (TPSA) is 94.6 Å². The quantitative estimate of drug-likeness (QED) is 0.588. The SMILES string of the molecule is COc1ccc2cc(C(=O)Nc3ccc(CN)cc3)c(=O)oc2c1CCC(C)C. The van der Waals surface area contributed by atoms with E-state index in [2.05, 4.69) is 19.2 Å².